The lowest BCUT2D eigenvalue weighted by Gasteiger charge is -2.04. The Morgan fingerprint density at radius 1 is 1.58 bits per heavy atom. The second-order valence-corrected chi connectivity index (χ2v) is 4.09. The van der Waals surface area contributed by atoms with Gasteiger partial charge in [0, 0.05) is 17.8 Å². The van der Waals surface area contributed by atoms with E-state index < -0.39 is 0 Å². The van der Waals surface area contributed by atoms with Crippen LogP contribution < -0.4 is 0 Å². The van der Waals surface area contributed by atoms with Crippen molar-refractivity contribution in [2.24, 2.45) is 5.92 Å². The minimum atomic E-state index is 0.554. The fourth-order valence-electron chi connectivity index (χ4n) is 0.705. The Labute approximate surface area is 82.5 Å². The van der Waals surface area contributed by atoms with Crippen molar-refractivity contribution in [2.45, 2.75) is 11.9 Å². The number of nitrogens with zero attached hydrogens (tertiary/aromatic N) is 1. The van der Waals surface area contributed by atoms with Crippen LogP contribution in [0.3, 0.4) is 0 Å². The monoisotopic (exact) mass is 201 g/mol. The van der Waals surface area contributed by atoms with E-state index in [1.165, 1.54) is 0 Å². The average molecular weight is 202 g/mol. The fourth-order valence-corrected chi connectivity index (χ4v) is 1.83. The first kappa shape index (κ1) is 9.87. The molecule has 0 saturated heterocycles. The molecular formula is C9H12ClNS. The average Bonchev–Trinajstić information content (AvgIpc) is 2.16. The molecule has 1 atom stereocenters. The maximum Gasteiger partial charge on any atom is 0.0959 e. The first-order chi connectivity index (χ1) is 5.83. The lowest BCUT2D eigenvalue weighted by molar-refractivity contribution is 0.758. The molecule has 0 amide bonds. The summed E-state index contributed by atoms with van der Waals surface area (Å²) in [6.45, 7) is 2.14. The predicted molar refractivity (Wildman–Crippen MR) is 54.8 cm³/mol. The van der Waals surface area contributed by atoms with Crippen molar-refractivity contribution in [3.05, 3.63) is 24.4 Å². The van der Waals surface area contributed by atoms with E-state index >= 15 is 0 Å². The number of rotatable bonds is 4. The minimum absolute atomic E-state index is 0.554. The summed E-state index contributed by atoms with van der Waals surface area (Å²) < 4.78 is 0. The van der Waals surface area contributed by atoms with Crippen molar-refractivity contribution < 1.29 is 0 Å². The van der Waals surface area contributed by atoms with Crippen LogP contribution in [0.1, 0.15) is 6.92 Å². The molecular weight excluding hydrogens is 190 g/mol. The zero-order valence-electron chi connectivity index (χ0n) is 7.03. The third-order valence-electron chi connectivity index (χ3n) is 1.42. The van der Waals surface area contributed by atoms with E-state index in [-0.39, 0.29) is 0 Å². The molecule has 0 saturated carbocycles. The summed E-state index contributed by atoms with van der Waals surface area (Å²) in [7, 11) is 0. The Kier molecular flexibility index (Phi) is 4.48. The van der Waals surface area contributed by atoms with Gasteiger partial charge in [0.25, 0.3) is 0 Å². The topological polar surface area (TPSA) is 12.9 Å². The van der Waals surface area contributed by atoms with Gasteiger partial charge in [0.15, 0.2) is 0 Å². The van der Waals surface area contributed by atoms with Crippen LogP contribution in [0.15, 0.2) is 29.4 Å². The highest BCUT2D eigenvalue weighted by Crippen LogP contribution is 2.17. The van der Waals surface area contributed by atoms with Crippen LogP contribution in [0.5, 0.6) is 0 Å². The van der Waals surface area contributed by atoms with Gasteiger partial charge in [0.2, 0.25) is 0 Å². The summed E-state index contributed by atoms with van der Waals surface area (Å²) in [4.78, 5) is 4.20. The molecule has 1 rings (SSSR count). The molecule has 66 valence electrons. The molecule has 0 aliphatic carbocycles. The van der Waals surface area contributed by atoms with Gasteiger partial charge < -0.3 is 0 Å². The van der Waals surface area contributed by atoms with Gasteiger partial charge in [-0.2, -0.15) is 0 Å². The lowest BCUT2D eigenvalue weighted by Crippen LogP contribution is -1.99. The Balaban J connectivity index is 2.33. The molecule has 3 heteroatoms. The van der Waals surface area contributed by atoms with Gasteiger partial charge in [-0.05, 0) is 18.1 Å². The van der Waals surface area contributed by atoms with Crippen molar-refractivity contribution in [2.75, 3.05) is 11.6 Å². The van der Waals surface area contributed by atoms with Gasteiger partial charge in [-0.25, -0.2) is 4.98 Å². The summed E-state index contributed by atoms with van der Waals surface area (Å²) in [5, 5.41) is 1.08. The van der Waals surface area contributed by atoms with Crippen molar-refractivity contribution in [1.82, 2.24) is 4.98 Å². The van der Waals surface area contributed by atoms with E-state index in [9.17, 15) is 0 Å². The molecule has 0 aliphatic heterocycles. The summed E-state index contributed by atoms with van der Waals surface area (Å²) in [6.07, 6.45) is 1.81. The van der Waals surface area contributed by atoms with Gasteiger partial charge in [0.05, 0.1) is 5.03 Å². The molecule has 0 aliphatic rings. The lowest BCUT2D eigenvalue weighted by atomic mass is 10.3. The molecule has 1 unspecified atom stereocenters. The van der Waals surface area contributed by atoms with E-state index in [1.54, 1.807) is 11.8 Å². The Bertz CT molecular complexity index is 215. The van der Waals surface area contributed by atoms with Crippen LogP contribution in [0, 0.1) is 5.92 Å². The summed E-state index contributed by atoms with van der Waals surface area (Å²) in [5.74, 6) is 2.32. The quantitative estimate of drug-likeness (QED) is 0.549. The van der Waals surface area contributed by atoms with E-state index in [4.69, 9.17) is 11.6 Å². The van der Waals surface area contributed by atoms with Gasteiger partial charge in [-0.3, -0.25) is 0 Å². The molecule has 0 bridgehead atoms. The Hall–Kier alpha value is -0.210. The highest BCUT2D eigenvalue weighted by molar-refractivity contribution is 7.99. The molecule has 1 nitrogen and oxygen atoms in total. The van der Waals surface area contributed by atoms with Crippen molar-refractivity contribution in [3.8, 4) is 0 Å². The number of hydrogen-bond acceptors (Lipinski definition) is 2. The number of aromatic nitrogens is 1. The van der Waals surface area contributed by atoms with Gasteiger partial charge in [-0.15, -0.1) is 23.4 Å². The normalized spacial score (nSPS) is 12.8. The van der Waals surface area contributed by atoms with Gasteiger partial charge >= 0.3 is 0 Å². The molecule has 1 aromatic heterocycles. The third kappa shape index (κ3) is 3.46. The number of pyridine rings is 1. The summed E-state index contributed by atoms with van der Waals surface area (Å²) in [5.41, 5.74) is 0. The number of halogens is 1. The first-order valence-corrected chi connectivity index (χ1v) is 5.44. The van der Waals surface area contributed by atoms with E-state index in [1.807, 2.05) is 24.4 Å². The SMILES string of the molecule is CC(CCl)CSc1ccccn1. The predicted octanol–water partition coefficient (Wildman–Crippen LogP) is 3.05. The first-order valence-electron chi connectivity index (χ1n) is 3.92. The molecule has 0 spiro atoms. The Morgan fingerprint density at radius 2 is 2.42 bits per heavy atom. The van der Waals surface area contributed by atoms with Crippen molar-refractivity contribution in [1.29, 1.82) is 0 Å². The zero-order chi connectivity index (χ0) is 8.81. The minimum Gasteiger partial charge on any atom is -0.250 e. The highest BCUT2D eigenvalue weighted by Gasteiger charge is 2.00. The van der Waals surface area contributed by atoms with Crippen LogP contribution in [-0.2, 0) is 0 Å². The number of alkyl halides is 1. The number of hydrogen-bond donors (Lipinski definition) is 0. The van der Waals surface area contributed by atoms with Gasteiger partial charge in [-0.1, -0.05) is 13.0 Å². The van der Waals surface area contributed by atoms with Crippen LogP contribution in [0.4, 0.5) is 0 Å². The molecule has 0 radical (unpaired) electrons. The van der Waals surface area contributed by atoms with Crippen LogP contribution in [0.2, 0.25) is 0 Å². The highest BCUT2D eigenvalue weighted by atomic mass is 35.5. The molecule has 12 heavy (non-hydrogen) atoms. The molecule has 0 N–H and O–H groups in total. The molecule has 1 aromatic rings. The largest absolute Gasteiger partial charge is 0.250 e. The smallest absolute Gasteiger partial charge is 0.0959 e. The molecule has 0 fully saturated rings. The second-order valence-electron chi connectivity index (χ2n) is 2.74. The Morgan fingerprint density at radius 3 is 3.00 bits per heavy atom. The zero-order valence-corrected chi connectivity index (χ0v) is 8.61. The van der Waals surface area contributed by atoms with E-state index in [2.05, 4.69) is 11.9 Å². The standard InChI is InChI=1S/C9H12ClNS/c1-8(6-10)7-12-9-4-2-3-5-11-9/h2-5,8H,6-7H2,1H3. The third-order valence-corrected chi connectivity index (χ3v) is 3.22. The van der Waals surface area contributed by atoms with Gasteiger partial charge in [0.1, 0.15) is 0 Å². The van der Waals surface area contributed by atoms with E-state index in [0.717, 1.165) is 16.7 Å². The molecule has 0 aromatic carbocycles. The van der Waals surface area contributed by atoms with Crippen molar-refractivity contribution in [3.63, 3.8) is 0 Å². The summed E-state index contributed by atoms with van der Waals surface area (Å²) >= 11 is 7.44. The summed E-state index contributed by atoms with van der Waals surface area (Å²) in [6, 6.07) is 5.95. The second kappa shape index (κ2) is 5.44. The fraction of sp³-hybridized carbons (Fsp3) is 0.444. The number of thioether (sulfide) groups is 1. The van der Waals surface area contributed by atoms with Crippen LogP contribution in [-0.4, -0.2) is 16.6 Å². The van der Waals surface area contributed by atoms with Crippen molar-refractivity contribution >= 4 is 23.4 Å². The molecule has 1 heterocycles. The maximum atomic E-state index is 5.68. The van der Waals surface area contributed by atoms with E-state index in [0.29, 0.717) is 5.92 Å². The van der Waals surface area contributed by atoms with Crippen LogP contribution in [0.25, 0.3) is 0 Å². The van der Waals surface area contributed by atoms with Crippen LogP contribution >= 0.6 is 23.4 Å². The maximum absolute atomic E-state index is 5.68.